The fraction of sp³-hybridized carbons (Fsp3) is 0.222. The van der Waals surface area contributed by atoms with E-state index in [1.807, 2.05) is 74.6 Å². The van der Waals surface area contributed by atoms with Crippen molar-refractivity contribution in [2.24, 2.45) is 0 Å². The van der Waals surface area contributed by atoms with Crippen LogP contribution in [0.15, 0.2) is 65.8 Å². The monoisotopic (exact) mass is 353 g/mol. The van der Waals surface area contributed by atoms with E-state index in [2.05, 4.69) is 15.5 Å². The molecule has 0 saturated carbocycles. The van der Waals surface area contributed by atoms with E-state index in [9.17, 15) is 4.79 Å². The average Bonchev–Trinajstić information content (AvgIpc) is 3.10. The summed E-state index contributed by atoms with van der Waals surface area (Å²) in [6, 6.07) is 19.6. The van der Waals surface area contributed by atoms with Crippen molar-refractivity contribution in [2.75, 3.05) is 7.05 Å². The number of carbonyl (C=O) groups is 1. The molecule has 1 aromatic heterocycles. The third-order valence-corrected chi connectivity index (χ3v) is 4.73. The van der Waals surface area contributed by atoms with Gasteiger partial charge in [-0.1, -0.05) is 60.3 Å². The van der Waals surface area contributed by atoms with Crippen LogP contribution in [0, 0.1) is 0 Å². The van der Waals surface area contributed by atoms with Crippen LogP contribution < -0.4 is 0 Å². The summed E-state index contributed by atoms with van der Waals surface area (Å²) < 4.78 is 1.64. The molecule has 128 valence electrons. The second-order valence-electron chi connectivity index (χ2n) is 5.65. The van der Waals surface area contributed by atoms with Gasteiger partial charge in [-0.15, -0.1) is 5.10 Å². The molecule has 0 N–H and O–H groups in total. The van der Waals surface area contributed by atoms with E-state index in [0.717, 1.165) is 11.3 Å². The fourth-order valence-corrected chi connectivity index (χ4v) is 3.36. The maximum atomic E-state index is 12.6. The first-order chi connectivity index (χ1) is 12.1. The topological polar surface area (TPSA) is 63.9 Å². The summed E-state index contributed by atoms with van der Waals surface area (Å²) in [6.07, 6.45) is 0. The normalized spacial score (nSPS) is 11.9. The fourth-order valence-electron chi connectivity index (χ4n) is 2.44. The van der Waals surface area contributed by atoms with E-state index in [4.69, 9.17) is 0 Å². The average molecular weight is 353 g/mol. The second-order valence-corrected chi connectivity index (χ2v) is 6.96. The molecule has 0 spiro atoms. The molecule has 0 aliphatic carbocycles. The van der Waals surface area contributed by atoms with E-state index < -0.39 is 0 Å². The third kappa shape index (κ3) is 4.24. The number of aromatic nitrogens is 4. The molecule has 1 atom stereocenters. The Morgan fingerprint density at radius 3 is 2.44 bits per heavy atom. The van der Waals surface area contributed by atoms with E-state index in [1.165, 1.54) is 11.8 Å². The van der Waals surface area contributed by atoms with Gasteiger partial charge < -0.3 is 4.90 Å². The minimum Gasteiger partial charge on any atom is -0.340 e. The summed E-state index contributed by atoms with van der Waals surface area (Å²) in [6.45, 7) is 2.45. The van der Waals surface area contributed by atoms with Crippen molar-refractivity contribution in [1.82, 2.24) is 25.1 Å². The van der Waals surface area contributed by atoms with Gasteiger partial charge in [-0.2, -0.15) is 4.68 Å². The van der Waals surface area contributed by atoms with Crippen LogP contribution in [0.3, 0.4) is 0 Å². The number of hydrogen-bond acceptors (Lipinski definition) is 5. The van der Waals surface area contributed by atoms with Crippen LogP contribution >= 0.6 is 11.8 Å². The van der Waals surface area contributed by atoms with Gasteiger partial charge in [0.15, 0.2) is 0 Å². The molecule has 0 fully saturated rings. The van der Waals surface area contributed by atoms with Gasteiger partial charge in [0.05, 0.1) is 10.9 Å². The largest absolute Gasteiger partial charge is 0.340 e. The van der Waals surface area contributed by atoms with Crippen molar-refractivity contribution in [3.05, 3.63) is 66.2 Å². The zero-order valence-corrected chi connectivity index (χ0v) is 14.9. The number of amides is 1. The number of carbonyl (C=O) groups excluding carboxylic acids is 1. The van der Waals surface area contributed by atoms with Crippen molar-refractivity contribution < 1.29 is 4.79 Å². The first kappa shape index (κ1) is 17.2. The van der Waals surface area contributed by atoms with Crippen LogP contribution in [0.5, 0.6) is 0 Å². The molecule has 2 aromatic carbocycles. The lowest BCUT2D eigenvalue weighted by Gasteiger charge is -2.21. The summed E-state index contributed by atoms with van der Waals surface area (Å²) in [5, 5.41) is 12.1. The molecule has 0 radical (unpaired) electrons. The number of benzene rings is 2. The number of rotatable bonds is 6. The van der Waals surface area contributed by atoms with E-state index >= 15 is 0 Å². The Bertz CT molecular complexity index is 822. The molecular weight excluding hydrogens is 334 g/mol. The predicted octanol–water partition coefficient (Wildman–Crippen LogP) is 2.80. The first-order valence-corrected chi connectivity index (χ1v) is 8.82. The van der Waals surface area contributed by atoms with E-state index in [0.29, 0.717) is 11.7 Å². The van der Waals surface area contributed by atoms with Crippen molar-refractivity contribution in [3.8, 4) is 5.69 Å². The van der Waals surface area contributed by atoms with Crippen LogP contribution in [0.1, 0.15) is 12.5 Å². The number of hydrogen-bond donors (Lipinski definition) is 0. The van der Waals surface area contributed by atoms with Crippen molar-refractivity contribution >= 4 is 17.7 Å². The van der Waals surface area contributed by atoms with Gasteiger partial charge in [-0.05, 0) is 35.0 Å². The Labute approximate surface area is 150 Å². The molecule has 6 nitrogen and oxygen atoms in total. The Kier molecular flexibility index (Phi) is 5.45. The quantitative estimate of drug-likeness (QED) is 0.638. The maximum Gasteiger partial charge on any atom is 0.235 e. The lowest BCUT2D eigenvalue weighted by atomic mass is 10.2. The van der Waals surface area contributed by atoms with Gasteiger partial charge in [0.2, 0.25) is 11.1 Å². The van der Waals surface area contributed by atoms with Gasteiger partial charge in [0.1, 0.15) is 0 Å². The SMILES string of the molecule is C[C@@H](Sc1nnnn1-c1ccccc1)C(=O)N(C)Cc1ccccc1. The molecule has 0 aliphatic heterocycles. The van der Waals surface area contributed by atoms with E-state index in [-0.39, 0.29) is 11.2 Å². The van der Waals surface area contributed by atoms with Crippen LogP contribution in [0.25, 0.3) is 5.69 Å². The lowest BCUT2D eigenvalue weighted by molar-refractivity contribution is -0.129. The summed E-state index contributed by atoms with van der Waals surface area (Å²) in [5.41, 5.74) is 1.97. The summed E-state index contributed by atoms with van der Waals surface area (Å²) >= 11 is 1.35. The van der Waals surface area contributed by atoms with Crippen LogP contribution in [-0.4, -0.2) is 43.3 Å². The predicted molar refractivity (Wildman–Crippen MR) is 97.4 cm³/mol. The molecule has 1 heterocycles. The highest BCUT2D eigenvalue weighted by Gasteiger charge is 2.22. The minimum absolute atomic E-state index is 0.0384. The van der Waals surface area contributed by atoms with Gasteiger partial charge in [-0.25, -0.2) is 0 Å². The van der Waals surface area contributed by atoms with Gasteiger partial charge in [-0.3, -0.25) is 4.79 Å². The Hall–Kier alpha value is -2.67. The smallest absolute Gasteiger partial charge is 0.235 e. The zero-order valence-electron chi connectivity index (χ0n) is 14.1. The molecule has 0 bridgehead atoms. The second kappa shape index (κ2) is 7.94. The molecule has 25 heavy (non-hydrogen) atoms. The first-order valence-electron chi connectivity index (χ1n) is 7.94. The highest BCUT2D eigenvalue weighted by molar-refractivity contribution is 8.00. The number of thioether (sulfide) groups is 1. The molecular formula is C18H19N5OS. The highest BCUT2D eigenvalue weighted by Crippen LogP contribution is 2.24. The van der Waals surface area contributed by atoms with Crippen molar-refractivity contribution in [2.45, 2.75) is 23.9 Å². The third-order valence-electron chi connectivity index (χ3n) is 3.71. The Morgan fingerprint density at radius 1 is 1.12 bits per heavy atom. The lowest BCUT2D eigenvalue weighted by Crippen LogP contribution is -2.32. The van der Waals surface area contributed by atoms with Crippen LogP contribution in [0.2, 0.25) is 0 Å². The Morgan fingerprint density at radius 2 is 1.76 bits per heavy atom. The van der Waals surface area contributed by atoms with Crippen molar-refractivity contribution in [1.29, 1.82) is 0 Å². The molecule has 1 amide bonds. The van der Waals surface area contributed by atoms with Gasteiger partial charge in [0.25, 0.3) is 0 Å². The summed E-state index contributed by atoms with van der Waals surface area (Å²) in [4.78, 5) is 14.4. The molecule has 7 heteroatoms. The number of para-hydroxylation sites is 1. The van der Waals surface area contributed by atoms with Crippen LogP contribution in [0.4, 0.5) is 0 Å². The minimum atomic E-state index is -0.290. The standard InChI is InChI=1S/C18H19N5OS/c1-14(17(24)22(2)13-15-9-5-3-6-10-15)25-18-19-20-21-23(18)16-11-7-4-8-12-16/h3-12,14H,13H2,1-2H3/t14-/m1/s1. The molecule has 3 aromatic rings. The van der Waals surface area contributed by atoms with Gasteiger partial charge >= 0.3 is 0 Å². The van der Waals surface area contributed by atoms with Crippen molar-refractivity contribution in [3.63, 3.8) is 0 Å². The molecule has 0 unspecified atom stereocenters. The van der Waals surface area contributed by atoms with E-state index in [1.54, 1.807) is 9.58 Å². The van der Waals surface area contributed by atoms with Crippen LogP contribution in [-0.2, 0) is 11.3 Å². The summed E-state index contributed by atoms with van der Waals surface area (Å²) in [7, 11) is 1.81. The van der Waals surface area contributed by atoms with Gasteiger partial charge in [0, 0.05) is 13.6 Å². The Balaban J connectivity index is 1.67. The zero-order chi connectivity index (χ0) is 17.6. The maximum absolute atomic E-state index is 12.6. The molecule has 0 aliphatic rings. The number of tetrazole rings is 1. The molecule has 3 rings (SSSR count). The molecule has 0 saturated heterocycles. The summed E-state index contributed by atoms with van der Waals surface area (Å²) in [5.74, 6) is 0.0384. The highest BCUT2D eigenvalue weighted by atomic mass is 32.2. The number of nitrogens with zero attached hydrogens (tertiary/aromatic N) is 5.